The van der Waals surface area contributed by atoms with Crippen LogP contribution in [0, 0.1) is 0 Å². The minimum Gasteiger partial charge on any atom is -0.461 e. The highest BCUT2D eigenvalue weighted by Gasteiger charge is 2.18. The highest BCUT2D eigenvalue weighted by Crippen LogP contribution is 2.20. The smallest absolute Gasteiger partial charge is 0.316 e. The first-order valence-electron chi connectivity index (χ1n) is 5.83. The summed E-state index contributed by atoms with van der Waals surface area (Å²) in [6.45, 7) is 11.0. The molecule has 0 amide bonds. The van der Waals surface area contributed by atoms with Crippen LogP contribution in [0.1, 0.15) is 32.0 Å². The molecule has 0 aromatic carbocycles. The van der Waals surface area contributed by atoms with Crippen molar-refractivity contribution < 1.29 is 4.74 Å². The van der Waals surface area contributed by atoms with Crippen LogP contribution in [-0.4, -0.2) is 28.0 Å². The van der Waals surface area contributed by atoms with Crippen molar-refractivity contribution in [2.24, 2.45) is 0 Å². The first-order valence-corrected chi connectivity index (χ1v) is 5.83. The quantitative estimate of drug-likeness (QED) is 0.738. The van der Waals surface area contributed by atoms with Crippen molar-refractivity contribution in [3.8, 4) is 6.01 Å². The van der Waals surface area contributed by atoms with E-state index in [2.05, 4.69) is 28.5 Å². The molecule has 0 spiro atoms. The Hall–Kier alpha value is -1.42. The molecule has 1 aromatic heterocycles. The number of aromatic nitrogens is 2. The molecule has 1 aliphatic rings. The zero-order valence-electron chi connectivity index (χ0n) is 11.1. The molecule has 17 heavy (non-hydrogen) atoms. The molecule has 2 heterocycles. The van der Waals surface area contributed by atoms with E-state index in [0.717, 1.165) is 18.8 Å². The van der Waals surface area contributed by atoms with Gasteiger partial charge in [0.15, 0.2) is 0 Å². The van der Waals surface area contributed by atoms with Crippen LogP contribution in [0.15, 0.2) is 18.9 Å². The Balaban J connectivity index is 0.000000437. The summed E-state index contributed by atoms with van der Waals surface area (Å²) in [6.07, 6.45) is 3.75. The molecule has 4 heteroatoms. The summed E-state index contributed by atoms with van der Waals surface area (Å²) >= 11 is 0. The lowest BCUT2D eigenvalue weighted by molar-refractivity contribution is 0.221. The fraction of sp³-hybridized carbons (Fsp3) is 0.538. The monoisotopic (exact) mass is 235 g/mol. The zero-order chi connectivity index (χ0) is 12.8. The van der Waals surface area contributed by atoms with Gasteiger partial charge < -0.3 is 4.74 Å². The molecule has 0 fully saturated rings. The lowest BCUT2D eigenvalue weighted by Crippen LogP contribution is -2.09. The van der Waals surface area contributed by atoms with Gasteiger partial charge >= 0.3 is 6.01 Å². The van der Waals surface area contributed by atoms with Crippen LogP contribution < -0.4 is 4.74 Å². The van der Waals surface area contributed by atoms with Crippen LogP contribution in [0.3, 0.4) is 0 Å². The second-order valence-corrected chi connectivity index (χ2v) is 4.37. The third-order valence-electron chi connectivity index (χ3n) is 2.13. The molecule has 94 valence electrons. The number of nitrogens with zero attached hydrogens (tertiary/aromatic N) is 3. The average molecular weight is 235 g/mol. The number of hydrogen-bond donors (Lipinski definition) is 0. The highest BCUT2D eigenvalue weighted by atomic mass is 16.5. The van der Waals surface area contributed by atoms with Crippen LogP contribution in [0.25, 0.3) is 0 Å². The van der Waals surface area contributed by atoms with Gasteiger partial charge in [-0.05, 0) is 27.8 Å². The predicted octanol–water partition coefficient (Wildman–Crippen LogP) is 2.40. The molecule has 0 atom stereocenters. The normalized spacial score (nSPS) is 13.9. The molecule has 0 saturated heterocycles. The summed E-state index contributed by atoms with van der Waals surface area (Å²) in [7, 11) is 2.07. The zero-order valence-corrected chi connectivity index (χ0v) is 11.1. The summed E-state index contributed by atoms with van der Waals surface area (Å²) in [4.78, 5) is 10.7. The summed E-state index contributed by atoms with van der Waals surface area (Å²) < 4.78 is 5.43. The topological polar surface area (TPSA) is 38.3 Å². The minimum absolute atomic E-state index is 0.132. The highest BCUT2D eigenvalue weighted by molar-refractivity contribution is 5.22. The van der Waals surface area contributed by atoms with Crippen LogP contribution in [0.5, 0.6) is 6.01 Å². The summed E-state index contributed by atoms with van der Waals surface area (Å²) in [5, 5.41) is 0. The molecular weight excluding hydrogens is 214 g/mol. The summed E-state index contributed by atoms with van der Waals surface area (Å²) in [5.41, 5.74) is 2.31. The second-order valence-electron chi connectivity index (χ2n) is 4.37. The van der Waals surface area contributed by atoms with Gasteiger partial charge in [0, 0.05) is 24.8 Å². The van der Waals surface area contributed by atoms with E-state index in [1.165, 1.54) is 5.56 Å². The van der Waals surface area contributed by atoms with E-state index in [1.54, 1.807) is 6.08 Å². The third kappa shape index (κ3) is 4.15. The number of hydrogen-bond acceptors (Lipinski definition) is 4. The maximum absolute atomic E-state index is 5.43. The van der Waals surface area contributed by atoms with Gasteiger partial charge in [-0.2, -0.15) is 4.98 Å². The Kier molecular flexibility index (Phi) is 5.10. The van der Waals surface area contributed by atoms with E-state index < -0.39 is 0 Å². The van der Waals surface area contributed by atoms with E-state index in [4.69, 9.17) is 4.74 Å². The molecule has 1 aromatic rings. The largest absolute Gasteiger partial charge is 0.461 e. The van der Waals surface area contributed by atoms with E-state index in [0.29, 0.717) is 6.01 Å². The Morgan fingerprint density at radius 3 is 2.71 bits per heavy atom. The molecule has 0 aliphatic carbocycles. The van der Waals surface area contributed by atoms with Crippen LogP contribution >= 0.6 is 0 Å². The molecule has 2 rings (SSSR count). The van der Waals surface area contributed by atoms with Gasteiger partial charge in [0.25, 0.3) is 0 Å². The minimum atomic E-state index is 0.132. The Morgan fingerprint density at radius 2 is 2.12 bits per heavy atom. The maximum atomic E-state index is 5.43. The number of rotatable bonds is 2. The first-order chi connectivity index (χ1) is 8.06. The fourth-order valence-electron chi connectivity index (χ4n) is 1.56. The first kappa shape index (κ1) is 13.6. The van der Waals surface area contributed by atoms with Gasteiger partial charge in [-0.3, -0.25) is 4.90 Å². The Labute approximate surface area is 103 Å². The molecular formula is C13H21N3O. The van der Waals surface area contributed by atoms with E-state index in [-0.39, 0.29) is 6.10 Å². The predicted molar refractivity (Wildman–Crippen MR) is 68.8 cm³/mol. The molecule has 1 aliphatic heterocycles. The van der Waals surface area contributed by atoms with Crippen LogP contribution in [0.2, 0.25) is 0 Å². The molecule has 0 unspecified atom stereocenters. The Morgan fingerprint density at radius 1 is 1.47 bits per heavy atom. The van der Waals surface area contributed by atoms with Crippen molar-refractivity contribution in [3.63, 3.8) is 0 Å². The van der Waals surface area contributed by atoms with Crippen molar-refractivity contribution in [3.05, 3.63) is 30.1 Å². The van der Waals surface area contributed by atoms with Crippen LogP contribution in [0.4, 0.5) is 0 Å². The van der Waals surface area contributed by atoms with Gasteiger partial charge in [0.1, 0.15) is 0 Å². The molecule has 0 N–H and O–H groups in total. The van der Waals surface area contributed by atoms with Crippen LogP contribution in [-0.2, 0) is 13.1 Å². The lowest BCUT2D eigenvalue weighted by Gasteiger charge is -2.07. The van der Waals surface area contributed by atoms with Crippen molar-refractivity contribution in [1.82, 2.24) is 14.9 Å². The standard InChI is InChI=1S/C10H15N3O.C3H6/c1-7(2)14-10-11-4-8-5-13(3)6-9(8)12-10;1-3-2/h4,7H,5-6H2,1-3H3;3H,1H2,2H3. The van der Waals surface area contributed by atoms with Crippen molar-refractivity contribution in [1.29, 1.82) is 0 Å². The molecule has 0 bridgehead atoms. The molecule has 0 saturated carbocycles. The Bertz CT molecular complexity index is 377. The lowest BCUT2D eigenvalue weighted by atomic mass is 10.3. The van der Waals surface area contributed by atoms with E-state index >= 15 is 0 Å². The fourth-order valence-corrected chi connectivity index (χ4v) is 1.56. The second kappa shape index (κ2) is 6.35. The van der Waals surface area contributed by atoms with Gasteiger partial charge in [-0.1, -0.05) is 6.08 Å². The summed E-state index contributed by atoms with van der Waals surface area (Å²) in [6, 6.07) is 0.494. The molecule has 4 nitrogen and oxygen atoms in total. The van der Waals surface area contributed by atoms with Gasteiger partial charge in [-0.15, -0.1) is 6.58 Å². The van der Waals surface area contributed by atoms with Crippen molar-refractivity contribution in [2.45, 2.75) is 40.0 Å². The van der Waals surface area contributed by atoms with Crippen molar-refractivity contribution >= 4 is 0 Å². The number of fused-ring (bicyclic) bond motifs is 1. The van der Waals surface area contributed by atoms with E-state index in [9.17, 15) is 0 Å². The molecule has 0 radical (unpaired) electrons. The SMILES string of the molecule is C=CC.CC(C)Oc1ncc2c(n1)CN(C)C2. The summed E-state index contributed by atoms with van der Waals surface area (Å²) in [5.74, 6) is 0. The maximum Gasteiger partial charge on any atom is 0.316 e. The van der Waals surface area contributed by atoms with E-state index in [1.807, 2.05) is 27.0 Å². The number of ether oxygens (including phenoxy) is 1. The third-order valence-corrected chi connectivity index (χ3v) is 2.13. The number of allylic oxidation sites excluding steroid dienone is 1. The van der Waals surface area contributed by atoms with Crippen molar-refractivity contribution in [2.75, 3.05) is 7.05 Å². The van der Waals surface area contributed by atoms with Gasteiger partial charge in [-0.25, -0.2) is 4.98 Å². The van der Waals surface area contributed by atoms with Gasteiger partial charge in [0.05, 0.1) is 11.8 Å². The average Bonchev–Trinajstić information content (AvgIpc) is 2.57. The van der Waals surface area contributed by atoms with Gasteiger partial charge in [0.2, 0.25) is 0 Å².